The number of nitrogens with two attached hydrogens (primary N) is 1. The Morgan fingerprint density at radius 1 is 1.61 bits per heavy atom. The van der Waals surface area contributed by atoms with E-state index in [9.17, 15) is 4.79 Å². The van der Waals surface area contributed by atoms with Crippen LogP contribution in [0.15, 0.2) is 18.2 Å². The second kappa shape index (κ2) is 5.73. The molecule has 1 heterocycles. The zero-order chi connectivity index (χ0) is 13.0. The Labute approximate surface area is 106 Å². The third-order valence-corrected chi connectivity index (χ3v) is 3.08. The first-order chi connectivity index (χ1) is 8.70. The highest BCUT2D eigenvalue weighted by Gasteiger charge is 2.17. The number of hydrogen-bond acceptors (Lipinski definition) is 4. The van der Waals surface area contributed by atoms with Gasteiger partial charge in [-0.05, 0) is 18.6 Å². The quantitative estimate of drug-likeness (QED) is 0.783. The van der Waals surface area contributed by atoms with Gasteiger partial charge in [-0.25, -0.2) is 0 Å². The summed E-state index contributed by atoms with van der Waals surface area (Å²) in [5.41, 5.74) is 6.72. The normalized spacial score (nSPS) is 18.6. The number of rotatable bonds is 4. The molecule has 0 spiro atoms. The van der Waals surface area contributed by atoms with Crippen LogP contribution in [0.3, 0.4) is 0 Å². The monoisotopic (exact) mass is 250 g/mol. The van der Waals surface area contributed by atoms with Gasteiger partial charge in [0.1, 0.15) is 5.75 Å². The van der Waals surface area contributed by atoms with Gasteiger partial charge in [0.2, 0.25) is 0 Å². The molecule has 3 N–H and O–H groups in total. The molecule has 98 valence electrons. The van der Waals surface area contributed by atoms with Gasteiger partial charge in [-0.1, -0.05) is 0 Å². The number of anilines is 1. The van der Waals surface area contributed by atoms with E-state index in [1.165, 1.54) is 0 Å². The van der Waals surface area contributed by atoms with Crippen molar-refractivity contribution in [2.24, 2.45) is 5.92 Å². The molecule has 1 aromatic carbocycles. The molecule has 0 aromatic heterocycles. The highest BCUT2D eigenvalue weighted by atomic mass is 16.5. The van der Waals surface area contributed by atoms with Crippen LogP contribution in [0.2, 0.25) is 0 Å². The maximum Gasteiger partial charge on any atom is 0.253 e. The molecule has 5 nitrogen and oxygen atoms in total. The Kier molecular flexibility index (Phi) is 4.04. The Bertz CT molecular complexity index is 428. The number of nitrogens with one attached hydrogen (secondary N) is 1. The first-order valence-corrected chi connectivity index (χ1v) is 6.00. The van der Waals surface area contributed by atoms with E-state index in [-0.39, 0.29) is 5.91 Å². The molecule has 0 bridgehead atoms. The Balaban J connectivity index is 1.95. The summed E-state index contributed by atoms with van der Waals surface area (Å²) in [4.78, 5) is 11.9. The van der Waals surface area contributed by atoms with Crippen LogP contribution in [-0.2, 0) is 4.74 Å². The smallest absolute Gasteiger partial charge is 0.253 e. The molecule has 1 fully saturated rings. The summed E-state index contributed by atoms with van der Waals surface area (Å²) in [6, 6.07) is 5.05. The fourth-order valence-corrected chi connectivity index (χ4v) is 1.95. The number of nitrogen functional groups attached to an aromatic ring is 1. The summed E-state index contributed by atoms with van der Waals surface area (Å²) >= 11 is 0. The van der Waals surface area contributed by atoms with E-state index in [1.807, 2.05) is 0 Å². The van der Waals surface area contributed by atoms with Gasteiger partial charge < -0.3 is 20.5 Å². The van der Waals surface area contributed by atoms with Crippen molar-refractivity contribution in [2.45, 2.75) is 6.42 Å². The minimum atomic E-state index is -0.151. The van der Waals surface area contributed by atoms with Crippen LogP contribution in [-0.4, -0.2) is 32.8 Å². The van der Waals surface area contributed by atoms with Crippen molar-refractivity contribution in [3.63, 3.8) is 0 Å². The lowest BCUT2D eigenvalue weighted by Crippen LogP contribution is -2.30. The van der Waals surface area contributed by atoms with Gasteiger partial charge in [-0.3, -0.25) is 4.79 Å². The Morgan fingerprint density at radius 3 is 3.06 bits per heavy atom. The number of carbonyl (C=O) groups is 1. The molecule has 0 saturated carbocycles. The first kappa shape index (κ1) is 12.7. The van der Waals surface area contributed by atoms with Gasteiger partial charge in [0.05, 0.1) is 19.3 Å². The highest BCUT2D eigenvalue weighted by Crippen LogP contribution is 2.19. The summed E-state index contributed by atoms with van der Waals surface area (Å²) < 4.78 is 10.3. The summed E-state index contributed by atoms with van der Waals surface area (Å²) in [6.45, 7) is 2.13. The van der Waals surface area contributed by atoms with Crippen LogP contribution < -0.4 is 15.8 Å². The number of benzene rings is 1. The van der Waals surface area contributed by atoms with Crippen molar-refractivity contribution in [1.82, 2.24) is 5.32 Å². The molecule has 1 aromatic rings. The Morgan fingerprint density at radius 2 is 2.44 bits per heavy atom. The van der Waals surface area contributed by atoms with Crippen molar-refractivity contribution in [3.8, 4) is 5.75 Å². The second-order valence-electron chi connectivity index (χ2n) is 4.39. The summed E-state index contributed by atoms with van der Waals surface area (Å²) in [5.74, 6) is 0.906. The van der Waals surface area contributed by atoms with Gasteiger partial charge in [-0.15, -0.1) is 0 Å². The SMILES string of the molecule is COc1ccc(C(=O)NCC2CCOC2)c(N)c1. The zero-order valence-corrected chi connectivity index (χ0v) is 10.4. The molecule has 0 radical (unpaired) electrons. The number of methoxy groups -OCH3 is 1. The molecule has 1 aliphatic heterocycles. The van der Waals surface area contributed by atoms with Crippen LogP contribution in [0.25, 0.3) is 0 Å². The van der Waals surface area contributed by atoms with E-state index in [0.717, 1.165) is 19.6 Å². The lowest BCUT2D eigenvalue weighted by Gasteiger charge is -2.11. The molecule has 18 heavy (non-hydrogen) atoms. The van der Waals surface area contributed by atoms with Crippen LogP contribution in [0, 0.1) is 5.92 Å². The molecule has 1 saturated heterocycles. The summed E-state index contributed by atoms with van der Waals surface area (Å²) in [5, 5.41) is 2.88. The molecular formula is C13H18N2O3. The van der Waals surface area contributed by atoms with Crippen LogP contribution in [0.1, 0.15) is 16.8 Å². The highest BCUT2D eigenvalue weighted by molar-refractivity contribution is 5.99. The standard InChI is InChI=1S/C13H18N2O3/c1-17-10-2-3-11(12(14)6-10)13(16)15-7-9-4-5-18-8-9/h2-3,6,9H,4-5,7-8,14H2,1H3,(H,15,16). The average Bonchev–Trinajstić information content (AvgIpc) is 2.88. The largest absolute Gasteiger partial charge is 0.497 e. The number of hydrogen-bond donors (Lipinski definition) is 2. The predicted molar refractivity (Wildman–Crippen MR) is 68.7 cm³/mol. The van der Waals surface area contributed by atoms with E-state index in [4.69, 9.17) is 15.2 Å². The summed E-state index contributed by atoms with van der Waals surface area (Å²) in [6.07, 6.45) is 0.998. The molecule has 0 aliphatic carbocycles. The van der Waals surface area contributed by atoms with Crippen LogP contribution in [0.5, 0.6) is 5.75 Å². The van der Waals surface area contributed by atoms with Crippen LogP contribution >= 0.6 is 0 Å². The van der Waals surface area contributed by atoms with Gasteiger partial charge in [0.25, 0.3) is 5.91 Å². The second-order valence-corrected chi connectivity index (χ2v) is 4.39. The molecule has 1 atom stereocenters. The number of carbonyl (C=O) groups excluding carboxylic acids is 1. The van der Waals surface area contributed by atoms with E-state index in [1.54, 1.807) is 25.3 Å². The van der Waals surface area contributed by atoms with Gasteiger partial charge >= 0.3 is 0 Å². The molecular weight excluding hydrogens is 232 g/mol. The topological polar surface area (TPSA) is 73.6 Å². The predicted octanol–water partition coefficient (Wildman–Crippen LogP) is 1.04. The zero-order valence-electron chi connectivity index (χ0n) is 10.4. The van der Waals surface area contributed by atoms with Gasteiger partial charge in [-0.2, -0.15) is 0 Å². The molecule has 1 unspecified atom stereocenters. The minimum absolute atomic E-state index is 0.151. The van der Waals surface area contributed by atoms with E-state index < -0.39 is 0 Å². The third-order valence-electron chi connectivity index (χ3n) is 3.08. The van der Waals surface area contributed by atoms with Crippen LogP contribution in [0.4, 0.5) is 5.69 Å². The van der Waals surface area contributed by atoms with E-state index in [2.05, 4.69) is 5.32 Å². The fourth-order valence-electron chi connectivity index (χ4n) is 1.95. The lowest BCUT2D eigenvalue weighted by atomic mass is 10.1. The third kappa shape index (κ3) is 2.92. The Hall–Kier alpha value is -1.75. The number of amides is 1. The molecule has 1 aliphatic rings. The molecule has 2 rings (SSSR count). The summed E-state index contributed by atoms with van der Waals surface area (Å²) in [7, 11) is 1.56. The van der Waals surface area contributed by atoms with Crippen molar-refractivity contribution < 1.29 is 14.3 Å². The molecule has 5 heteroatoms. The van der Waals surface area contributed by atoms with Crippen molar-refractivity contribution >= 4 is 11.6 Å². The lowest BCUT2D eigenvalue weighted by molar-refractivity contribution is 0.0946. The van der Waals surface area contributed by atoms with Crippen molar-refractivity contribution in [1.29, 1.82) is 0 Å². The van der Waals surface area contributed by atoms with Crippen molar-refractivity contribution in [3.05, 3.63) is 23.8 Å². The first-order valence-electron chi connectivity index (χ1n) is 6.00. The maximum atomic E-state index is 11.9. The fraction of sp³-hybridized carbons (Fsp3) is 0.462. The average molecular weight is 250 g/mol. The van der Waals surface area contributed by atoms with E-state index >= 15 is 0 Å². The molecule has 1 amide bonds. The van der Waals surface area contributed by atoms with Crippen molar-refractivity contribution in [2.75, 3.05) is 32.6 Å². The minimum Gasteiger partial charge on any atom is -0.497 e. The van der Waals surface area contributed by atoms with Gasteiger partial charge in [0, 0.05) is 30.8 Å². The van der Waals surface area contributed by atoms with Gasteiger partial charge in [0.15, 0.2) is 0 Å². The maximum absolute atomic E-state index is 11.9. The number of ether oxygens (including phenoxy) is 2. The van der Waals surface area contributed by atoms with E-state index in [0.29, 0.717) is 29.5 Å².